The van der Waals surface area contributed by atoms with E-state index in [2.05, 4.69) is 12.2 Å². The van der Waals surface area contributed by atoms with Crippen molar-refractivity contribution in [3.63, 3.8) is 0 Å². The van der Waals surface area contributed by atoms with Gasteiger partial charge in [0.2, 0.25) is 0 Å². The second-order valence-corrected chi connectivity index (χ2v) is 7.53. The zero-order valence-corrected chi connectivity index (χ0v) is 13.0. The van der Waals surface area contributed by atoms with Crippen LogP contribution in [0, 0.1) is 17.8 Å². The third-order valence-corrected chi connectivity index (χ3v) is 5.59. The van der Waals surface area contributed by atoms with Crippen LogP contribution in [0.3, 0.4) is 0 Å². The molecule has 2 saturated carbocycles. The standard InChI is InChI=1S/C15H26F3NS/c1-2-11-3-4-13(10-19-14-5-6-14)12(9-11)7-8-20-15(16,17)18/h11-14,19H,2-10H2,1H3. The van der Waals surface area contributed by atoms with E-state index >= 15 is 0 Å². The maximum absolute atomic E-state index is 12.3. The van der Waals surface area contributed by atoms with Gasteiger partial charge < -0.3 is 5.32 Å². The van der Waals surface area contributed by atoms with E-state index in [9.17, 15) is 13.2 Å². The predicted octanol–water partition coefficient (Wildman–Crippen LogP) is 4.82. The van der Waals surface area contributed by atoms with E-state index in [1.165, 1.54) is 32.1 Å². The Morgan fingerprint density at radius 2 is 1.85 bits per heavy atom. The van der Waals surface area contributed by atoms with Crippen LogP contribution in [0.2, 0.25) is 0 Å². The minimum absolute atomic E-state index is 0.154. The maximum Gasteiger partial charge on any atom is 0.441 e. The number of hydrogen-bond acceptors (Lipinski definition) is 2. The van der Waals surface area contributed by atoms with Gasteiger partial charge in [0.25, 0.3) is 0 Å². The van der Waals surface area contributed by atoms with Crippen LogP contribution >= 0.6 is 11.8 Å². The molecule has 0 heterocycles. The van der Waals surface area contributed by atoms with E-state index in [1.54, 1.807) is 0 Å². The molecule has 0 aromatic carbocycles. The Kier molecular flexibility index (Phi) is 6.09. The minimum atomic E-state index is -4.07. The molecule has 118 valence electrons. The summed E-state index contributed by atoms with van der Waals surface area (Å²) in [5.74, 6) is 2.03. The second-order valence-electron chi connectivity index (χ2n) is 6.37. The first kappa shape index (κ1) is 16.5. The lowest BCUT2D eigenvalue weighted by atomic mass is 9.72. The number of hydrogen-bond donors (Lipinski definition) is 1. The Hall–Kier alpha value is 0.100. The lowest BCUT2D eigenvalue weighted by molar-refractivity contribution is -0.0329. The molecule has 0 spiro atoms. The minimum Gasteiger partial charge on any atom is -0.314 e. The average Bonchev–Trinajstić information content (AvgIpc) is 3.19. The van der Waals surface area contributed by atoms with Crippen LogP contribution in [0.1, 0.15) is 51.9 Å². The summed E-state index contributed by atoms with van der Waals surface area (Å²) in [5, 5.41) is 3.57. The van der Waals surface area contributed by atoms with Gasteiger partial charge in [-0.25, -0.2) is 0 Å². The van der Waals surface area contributed by atoms with Crippen molar-refractivity contribution in [1.29, 1.82) is 0 Å². The Bertz CT molecular complexity index is 291. The summed E-state index contributed by atoms with van der Waals surface area (Å²) in [7, 11) is 0. The van der Waals surface area contributed by atoms with Crippen molar-refractivity contribution in [2.45, 2.75) is 63.4 Å². The number of alkyl halides is 3. The first-order valence-corrected chi connectivity index (χ1v) is 8.90. The summed E-state index contributed by atoms with van der Waals surface area (Å²) in [4.78, 5) is 0. The normalized spacial score (nSPS) is 31.5. The van der Waals surface area contributed by atoms with E-state index in [1.807, 2.05) is 0 Å². The zero-order chi connectivity index (χ0) is 14.6. The molecular weight excluding hydrogens is 283 g/mol. The van der Waals surface area contributed by atoms with Crippen LogP contribution in [0.25, 0.3) is 0 Å². The predicted molar refractivity (Wildman–Crippen MR) is 78.8 cm³/mol. The van der Waals surface area contributed by atoms with Crippen molar-refractivity contribution in [2.75, 3.05) is 12.3 Å². The summed E-state index contributed by atoms with van der Waals surface area (Å²) in [5.41, 5.74) is -4.07. The van der Waals surface area contributed by atoms with Crippen molar-refractivity contribution in [3.05, 3.63) is 0 Å². The molecule has 0 aromatic heterocycles. The molecular formula is C15H26F3NS. The van der Waals surface area contributed by atoms with Crippen LogP contribution in [0.15, 0.2) is 0 Å². The Morgan fingerprint density at radius 3 is 2.45 bits per heavy atom. The number of halogens is 3. The molecule has 0 amide bonds. The molecule has 2 rings (SSSR count). The lowest BCUT2D eigenvalue weighted by Crippen LogP contribution is -2.34. The SMILES string of the molecule is CCC1CCC(CNC2CC2)C(CCSC(F)(F)F)C1. The van der Waals surface area contributed by atoms with Crippen molar-refractivity contribution in [3.8, 4) is 0 Å². The summed E-state index contributed by atoms with van der Waals surface area (Å²) in [6.45, 7) is 3.22. The largest absolute Gasteiger partial charge is 0.441 e. The van der Waals surface area contributed by atoms with E-state index in [-0.39, 0.29) is 17.5 Å². The monoisotopic (exact) mass is 309 g/mol. The molecule has 0 aliphatic heterocycles. The van der Waals surface area contributed by atoms with Crippen LogP contribution < -0.4 is 5.32 Å². The molecule has 5 heteroatoms. The average molecular weight is 309 g/mol. The van der Waals surface area contributed by atoms with Crippen molar-refractivity contribution < 1.29 is 13.2 Å². The van der Waals surface area contributed by atoms with E-state index in [0.29, 0.717) is 17.9 Å². The smallest absolute Gasteiger partial charge is 0.314 e. The second kappa shape index (κ2) is 7.39. The number of thioether (sulfide) groups is 1. The van der Waals surface area contributed by atoms with Gasteiger partial charge >= 0.3 is 5.51 Å². The summed E-state index contributed by atoms with van der Waals surface area (Å²) in [6, 6.07) is 0.698. The molecule has 2 aliphatic rings. The van der Waals surface area contributed by atoms with E-state index in [0.717, 1.165) is 25.3 Å². The van der Waals surface area contributed by atoms with Gasteiger partial charge in [0, 0.05) is 11.8 Å². The van der Waals surface area contributed by atoms with Gasteiger partial charge in [0.15, 0.2) is 0 Å². The maximum atomic E-state index is 12.3. The van der Waals surface area contributed by atoms with E-state index in [4.69, 9.17) is 0 Å². The van der Waals surface area contributed by atoms with Gasteiger partial charge in [-0.3, -0.25) is 0 Å². The van der Waals surface area contributed by atoms with Crippen molar-refractivity contribution in [1.82, 2.24) is 5.32 Å². The van der Waals surface area contributed by atoms with Crippen molar-refractivity contribution >= 4 is 11.8 Å². The molecule has 20 heavy (non-hydrogen) atoms. The third kappa shape index (κ3) is 5.84. The topological polar surface area (TPSA) is 12.0 Å². The highest BCUT2D eigenvalue weighted by molar-refractivity contribution is 8.00. The summed E-state index contributed by atoms with van der Waals surface area (Å²) in [6.07, 6.45) is 8.03. The van der Waals surface area contributed by atoms with Crippen LogP contribution in [-0.4, -0.2) is 23.8 Å². The first-order valence-electron chi connectivity index (χ1n) is 7.92. The third-order valence-electron chi connectivity index (χ3n) is 4.83. The zero-order valence-electron chi connectivity index (χ0n) is 12.2. The first-order chi connectivity index (χ1) is 9.48. The fourth-order valence-corrected chi connectivity index (χ4v) is 4.00. The molecule has 2 fully saturated rings. The summed E-state index contributed by atoms with van der Waals surface area (Å²) < 4.78 is 36.8. The van der Waals surface area contributed by atoms with Crippen LogP contribution in [0.5, 0.6) is 0 Å². The highest BCUT2D eigenvalue weighted by Gasteiger charge is 2.33. The van der Waals surface area contributed by atoms with Gasteiger partial charge in [0.1, 0.15) is 0 Å². The molecule has 0 saturated heterocycles. The Labute approximate surface area is 124 Å². The highest BCUT2D eigenvalue weighted by atomic mass is 32.2. The van der Waals surface area contributed by atoms with E-state index < -0.39 is 5.51 Å². The van der Waals surface area contributed by atoms with Gasteiger partial charge in [-0.1, -0.05) is 31.5 Å². The molecule has 3 atom stereocenters. The number of rotatable bonds is 7. The van der Waals surface area contributed by atoms with Crippen molar-refractivity contribution in [2.24, 2.45) is 17.8 Å². The Morgan fingerprint density at radius 1 is 1.10 bits per heavy atom. The fraction of sp³-hybridized carbons (Fsp3) is 1.00. The van der Waals surface area contributed by atoms with Gasteiger partial charge in [-0.2, -0.15) is 13.2 Å². The summed E-state index contributed by atoms with van der Waals surface area (Å²) >= 11 is 0.154. The molecule has 3 unspecified atom stereocenters. The molecule has 2 aliphatic carbocycles. The fourth-order valence-electron chi connectivity index (χ4n) is 3.35. The van der Waals surface area contributed by atoms with Crippen LogP contribution in [0.4, 0.5) is 13.2 Å². The van der Waals surface area contributed by atoms with Gasteiger partial charge in [-0.05, 0) is 56.4 Å². The molecule has 0 bridgehead atoms. The molecule has 0 aromatic rings. The quantitative estimate of drug-likeness (QED) is 0.723. The molecule has 1 nitrogen and oxygen atoms in total. The van der Waals surface area contributed by atoms with Gasteiger partial charge in [0.05, 0.1) is 0 Å². The Balaban J connectivity index is 1.77. The van der Waals surface area contributed by atoms with Crippen LogP contribution in [-0.2, 0) is 0 Å². The van der Waals surface area contributed by atoms with Gasteiger partial charge in [-0.15, -0.1) is 0 Å². The lowest BCUT2D eigenvalue weighted by Gasteiger charge is -2.36. The molecule has 1 N–H and O–H groups in total. The molecule has 0 radical (unpaired) electrons. The number of nitrogens with one attached hydrogen (secondary N) is 1. The highest BCUT2D eigenvalue weighted by Crippen LogP contribution is 2.39.